The predicted octanol–water partition coefficient (Wildman–Crippen LogP) is -0.423. The molecular weight excluding hydrogens is 146 g/mol. The van der Waals surface area contributed by atoms with Crippen molar-refractivity contribution in [2.24, 2.45) is 12.8 Å². The zero-order chi connectivity index (χ0) is 8.43. The summed E-state index contributed by atoms with van der Waals surface area (Å²) in [5.41, 5.74) is 5.86. The fourth-order valence-corrected chi connectivity index (χ4v) is 0.864. The lowest BCUT2D eigenvalue weighted by molar-refractivity contribution is 0.0695. The molecule has 1 rings (SSSR count). The number of rotatable bonds is 2. The normalized spacial score (nSPS) is 10.0. The highest BCUT2D eigenvalue weighted by Crippen LogP contribution is 2.04. The quantitative estimate of drug-likeness (QED) is 0.607. The molecule has 60 valence electrons. The van der Waals surface area contributed by atoms with Crippen LogP contribution < -0.4 is 5.73 Å². The summed E-state index contributed by atoms with van der Waals surface area (Å²) in [5, 5.41) is 12.5. The minimum atomic E-state index is -0.987. The Balaban J connectivity index is 3.12. The molecule has 0 amide bonds. The zero-order valence-electron chi connectivity index (χ0n) is 6.11. The maximum absolute atomic E-state index is 10.5. The van der Waals surface area contributed by atoms with Crippen LogP contribution in [0, 0.1) is 0 Å². The van der Waals surface area contributed by atoms with Crippen LogP contribution in [0.4, 0.5) is 0 Å². The lowest BCUT2D eigenvalue weighted by Crippen LogP contribution is -2.04. The van der Waals surface area contributed by atoms with Gasteiger partial charge in [0.05, 0.1) is 5.69 Å². The maximum atomic E-state index is 10.5. The van der Waals surface area contributed by atoms with Crippen LogP contribution in [0.3, 0.4) is 0 Å². The first-order valence-electron chi connectivity index (χ1n) is 3.11. The standard InChI is InChI=1S/C6H9N3O2/c1-9-3-4(6(10)11)5(2-7)8-9/h3H,2,7H2,1H3,(H,10,11). The van der Waals surface area contributed by atoms with E-state index in [9.17, 15) is 4.79 Å². The Morgan fingerprint density at radius 3 is 2.91 bits per heavy atom. The van der Waals surface area contributed by atoms with Crippen LogP contribution in [0.2, 0.25) is 0 Å². The molecule has 5 nitrogen and oxygen atoms in total. The Hall–Kier alpha value is -1.36. The number of hydrogen-bond donors (Lipinski definition) is 2. The van der Waals surface area contributed by atoms with Crippen LogP contribution in [-0.4, -0.2) is 20.9 Å². The zero-order valence-corrected chi connectivity index (χ0v) is 6.11. The fraction of sp³-hybridized carbons (Fsp3) is 0.333. The van der Waals surface area contributed by atoms with Gasteiger partial charge in [0.1, 0.15) is 5.56 Å². The van der Waals surface area contributed by atoms with Crippen molar-refractivity contribution in [2.45, 2.75) is 6.54 Å². The highest BCUT2D eigenvalue weighted by molar-refractivity contribution is 5.88. The lowest BCUT2D eigenvalue weighted by atomic mass is 10.2. The van der Waals surface area contributed by atoms with Crippen LogP contribution in [0.1, 0.15) is 16.1 Å². The van der Waals surface area contributed by atoms with E-state index < -0.39 is 5.97 Å². The summed E-state index contributed by atoms with van der Waals surface area (Å²) < 4.78 is 1.44. The number of aromatic carboxylic acids is 1. The number of nitrogens with zero attached hydrogens (tertiary/aromatic N) is 2. The number of aromatic nitrogens is 2. The lowest BCUT2D eigenvalue weighted by Gasteiger charge is -1.89. The van der Waals surface area contributed by atoms with Crippen LogP contribution in [-0.2, 0) is 13.6 Å². The molecular formula is C6H9N3O2. The molecule has 1 aromatic heterocycles. The Morgan fingerprint density at radius 1 is 1.91 bits per heavy atom. The Labute approximate surface area is 63.4 Å². The van der Waals surface area contributed by atoms with Crippen LogP contribution in [0.25, 0.3) is 0 Å². The van der Waals surface area contributed by atoms with Gasteiger partial charge in [-0.3, -0.25) is 4.68 Å². The topological polar surface area (TPSA) is 81.1 Å². The van der Waals surface area contributed by atoms with Crippen molar-refractivity contribution >= 4 is 5.97 Å². The molecule has 1 heterocycles. The first kappa shape index (κ1) is 7.74. The van der Waals surface area contributed by atoms with Gasteiger partial charge in [-0.15, -0.1) is 0 Å². The van der Waals surface area contributed by atoms with Gasteiger partial charge < -0.3 is 10.8 Å². The first-order valence-corrected chi connectivity index (χ1v) is 3.11. The summed E-state index contributed by atoms with van der Waals surface area (Å²) >= 11 is 0. The molecule has 1 aromatic rings. The smallest absolute Gasteiger partial charge is 0.339 e. The van der Waals surface area contributed by atoms with Crippen molar-refractivity contribution in [3.63, 3.8) is 0 Å². The monoisotopic (exact) mass is 155 g/mol. The second-order valence-electron chi connectivity index (χ2n) is 2.17. The van der Waals surface area contributed by atoms with Crippen molar-refractivity contribution < 1.29 is 9.90 Å². The molecule has 0 radical (unpaired) electrons. The van der Waals surface area contributed by atoms with E-state index in [1.807, 2.05) is 0 Å². The molecule has 0 aliphatic rings. The van der Waals surface area contributed by atoms with E-state index in [1.165, 1.54) is 10.9 Å². The van der Waals surface area contributed by atoms with Crippen molar-refractivity contribution in [3.05, 3.63) is 17.5 Å². The van der Waals surface area contributed by atoms with Gasteiger partial charge in [0, 0.05) is 19.8 Å². The molecule has 0 bridgehead atoms. The molecule has 3 N–H and O–H groups in total. The minimum absolute atomic E-state index is 0.155. The summed E-state index contributed by atoms with van der Waals surface area (Å²) in [6.07, 6.45) is 1.44. The van der Waals surface area contributed by atoms with Crippen molar-refractivity contribution in [1.82, 2.24) is 9.78 Å². The molecule has 0 aliphatic carbocycles. The highest BCUT2D eigenvalue weighted by atomic mass is 16.4. The van der Waals surface area contributed by atoms with Crippen molar-refractivity contribution in [2.75, 3.05) is 0 Å². The molecule has 0 atom stereocenters. The van der Waals surface area contributed by atoms with Gasteiger partial charge in [-0.1, -0.05) is 0 Å². The number of carboxylic acids is 1. The van der Waals surface area contributed by atoms with E-state index in [0.29, 0.717) is 5.69 Å². The first-order chi connectivity index (χ1) is 5.15. The molecule has 0 spiro atoms. The number of carboxylic acid groups (broad SMARTS) is 1. The van der Waals surface area contributed by atoms with Crippen LogP contribution in [0.15, 0.2) is 6.20 Å². The van der Waals surface area contributed by atoms with E-state index in [1.54, 1.807) is 7.05 Å². The number of nitrogens with two attached hydrogens (primary N) is 1. The van der Waals surface area contributed by atoms with Gasteiger partial charge in [-0.25, -0.2) is 4.79 Å². The van der Waals surface area contributed by atoms with E-state index in [0.717, 1.165) is 0 Å². The third-order valence-corrected chi connectivity index (χ3v) is 1.33. The minimum Gasteiger partial charge on any atom is -0.478 e. The predicted molar refractivity (Wildman–Crippen MR) is 38.1 cm³/mol. The molecule has 0 unspecified atom stereocenters. The second-order valence-corrected chi connectivity index (χ2v) is 2.17. The van der Waals surface area contributed by atoms with Gasteiger partial charge in [0.2, 0.25) is 0 Å². The summed E-state index contributed by atoms with van der Waals surface area (Å²) in [4.78, 5) is 10.5. The van der Waals surface area contributed by atoms with Crippen molar-refractivity contribution in [1.29, 1.82) is 0 Å². The van der Waals surface area contributed by atoms with E-state index >= 15 is 0 Å². The Bertz CT molecular complexity index is 279. The van der Waals surface area contributed by atoms with E-state index in [2.05, 4.69) is 5.10 Å². The third-order valence-electron chi connectivity index (χ3n) is 1.33. The number of hydrogen-bond acceptors (Lipinski definition) is 3. The largest absolute Gasteiger partial charge is 0.478 e. The molecule has 0 saturated heterocycles. The highest BCUT2D eigenvalue weighted by Gasteiger charge is 2.11. The average Bonchev–Trinajstić information content (AvgIpc) is 2.30. The number of carbonyl (C=O) groups is 1. The van der Waals surface area contributed by atoms with Gasteiger partial charge in [0.15, 0.2) is 0 Å². The third kappa shape index (κ3) is 1.38. The fourth-order valence-electron chi connectivity index (χ4n) is 0.864. The van der Waals surface area contributed by atoms with Gasteiger partial charge >= 0.3 is 5.97 Å². The van der Waals surface area contributed by atoms with Gasteiger partial charge in [-0.05, 0) is 0 Å². The van der Waals surface area contributed by atoms with Crippen LogP contribution in [0.5, 0.6) is 0 Å². The van der Waals surface area contributed by atoms with Gasteiger partial charge in [-0.2, -0.15) is 5.10 Å². The maximum Gasteiger partial charge on any atom is 0.339 e. The van der Waals surface area contributed by atoms with Gasteiger partial charge in [0.25, 0.3) is 0 Å². The molecule has 0 aliphatic heterocycles. The summed E-state index contributed by atoms with van der Waals surface area (Å²) in [6.45, 7) is 0.155. The summed E-state index contributed by atoms with van der Waals surface area (Å²) in [5.74, 6) is -0.987. The second kappa shape index (κ2) is 2.71. The summed E-state index contributed by atoms with van der Waals surface area (Å²) in [6, 6.07) is 0. The molecule has 11 heavy (non-hydrogen) atoms. The molecule has 0 saturated carbocycles. The Kier molecular flexibility index (Phi) is 1.91. The molecule has 5 heteroatoms. The van der Waals surface area contributed by atoms with E-state index in [4.69, 9.17) is 10.8 Å². The SMILES string of the molecule is Cn1cc(C(=O)O)c(CN)n1. The molecule has 0 aromatic carbocycles. The average molecular weight is 155 g/mol. The Morgan fingerprint density at radius 2 is 2.55 bits per heavy atom. The van der Waals surface area contributed by atoms with Crippen LogP contribution >= 0.6 is 0 Å². The van der Waals surface area contributed by atoms with E-state index in [-0.39, 0.29) is 12.1 Å². The number of aryl methyl sites for hydroxylation is 1. The summed E-state index contributed by atoms with van der Waals surface area (Å²) in [7, 11) is 1.66. The van der Waals surface area contributed by atoms with Crippen molar-refractivity contribution in [3.8, 4) is 0 Å². The molecule has 0 fully saturated rings.